The van der Waals surface area contributed by atoms with Crippen LogP contribution in [0.2, 0.25) is 0 Å². The lowest BCUT2D eigenvalue weighted by Crippen LogP contribution is -2.28. The highest BCUT2D eigenvalue weighted by atomic mass is 16.6. The number of carbonyl (C=O) groups is 1. The van der Waals surface area contributed by atoms with Crippen molar-refractivity contribution in [3.05, 3.63) is 71.3 Å². The van der Waals surface area contributed by atoms with Crippen molar-refractivity contribution in [3.8, 4) is 28.6 Å². The average molecular weight is 380 g/mol. The monoisotopic (exact) mass is 380 g/mol. The van der Waals surface area contributed by atoms with Gasteiger partial charge in [-0.3, -0.25) is 14.9 Å². The van der Waals surface area contributed by atoms with Gasteiger partial charge in [0, 0.05) is 24.2 Å². The van der Waals surface area contributed by atoms with Crippen LogP contribution in [0.3, 0.4) is 0 Å². The van der Waals surface area contributed by atoms with Crippen molar-refractivity contribution in [2.75, 3.05) is 13.2 Å². The number of hydrogen-bond donors (Lipinski definition) is 1. The summed E-state index contributed by atoms with van der Waals surface area (Å²) in [5.41, 5.74) is 1.07. The number of rotatable bonds is 8. The minimum Gasteiger partial charge on any atom is -0.483 e. The summed E-state index contributed by atoms with van der Waals surface area (Å²) in [6, 6.07) is 12.7. The van der Waals surface area contributed by atoms with Gasteiger partial charge < -0.3 is 14.6 Å². The number of nitro groups is 1. The molecule has 1 amide bonds. The molecule has 3 rings (SSSR count). The van der Waals surface area contributed by atoms with E-state index < -0.39 is 4.92 Å². The van der Waals surface area contributed by atoms with E-state index in [2.05, 4.69) is 22.0 Å². The topological polar surface area (TPSA) is 120 Å². The number of non-ortho nitro benzene ring substituents is 1. The van der Waals surface area contributed by atoms with Crippen LogP contribution in [0.15, 0.2) is 65.7 Å². The van der Waals surface area contributed by atoms with Gasteiger partial charge in [-0.2, -0.15) is 4.98 Å². The second-order valence-electron chi connectivity index (χ2n) is 5.60. The number of para-hydroxylation sites is 1. The Bertz CT molecular complexity index is 998. The molecule has 2 aromatic carbocycles. The molecule has 1 N–H and O–H groups in total. The lowest BCUT2D eigenvalue weighted by molar-refractivity contribution is -0.384. The van der Waals surface area contributed by atoms with Gasteiger partial charge in [-0.05, 0) is 24.3 Å². The molecule has 0 radical (unpaired) electrons. The lowest BCUT2D eigenvalue weighted by Gasteiger charge is -2.08. The largest absolute Gasteiger partial charge is 0.483 e. The third-order valence-electron chi connectivity index (χ3n) is 3.68. The van der Waals surface area contributed by atoms with E-state index >= 15 is 0 Å². The fraction of sp³-hybridized carbons (Fsp3) is 0.105. The van der Waals surface area contributed by atoms with Gasteiger partial charge in [0.2, 0.25) is 5.82 Å². The van der Waals surface area contributed by atoms with E-state index in [1.807, 2.05) is 0 Å². The van der Waals surface area contributed by atoms with Crippen LogP contribution in [0.4, 0.5) is 5.69 Å². The summed E-state index contributed by atoms with van der Waals surface area (Å²) in [5.74, 6) is 0.626. The molecule has 28 heavy (non-hydrogen) atoms. The van der Waals surface area contributed by atoms with Gasteiger partial charge in [0.1, 0.15) is 5.75 Å². The third-order valence-corrected chi connectivity index (χ3v) is 3.68. The molecule has 0 spiro atoms. The Balaban J connectivity index is 1.78. The van der Waals surface area contributed by atoms with E-state index in [1.54, 1.807) is 30.3 Å². The summed E-state index contributed by atoms with van der Waals surface area (Å²) in [6.45, 7) is 3.72. The molecule has 1 heterocycles. The van der Waals surface area contributed by atoms with E-state index in [-0.39, 0.29) is 29.9 Å². The van der Waals surface area contributed by atoms with Crippen molar-refractivity contribution in [2.24, 2.45) is 0 Å². The minimum atomic E-state index is -0.484. The van der Waals surface area contributed by atoms with E-state index in [1.165, 1.54) is 24.3 Å². The van der Waals surface area contributed by atoms with Crippen LogP contribution in [-0.4, -0.2) is 34.1 Å². The second-order valence-corrected chi connectivity index (χ2v) is 5.60. The van der Waals surface area contributed by atoms with Gasteiger partial charge in [0.25, 0.3) is 17.5 Å². The van der Waals surface area contributed by atoms with Crippen LogP contribution in [0.25, 0.3) is 22.8 Å². The van der Waals surface area contributed by atoms with E-state index in [0.29, 0.717) is 23.4 Å². The molecule has 0 atom stereocenters. The van der Waals surface area contributed by atoms with Crippen molar-refractivity contribution in [1.29, 1.82) is 0 Å². The van der Waals surface area contributed by atoms with Crippen LogP contribution in [0.1, 0.15) is 0 Å². The maximum atomic E-state index is 11.7. The van der Waals surface area contributed by atoms with Crippen molar-refractivity contribution in [1.82, 2.24) is 15.5 Å². The van der Waals surface area contributed by atoms with E-state index in [9.17, 15) is 14.9 Å². The number of nitro benzene ring substituents is 1. The van der Waals surface area contributed by atoms with Crippen molar-refractivity contribution >= 4 is 11.6 Å². The van der Waals surface area contributed by atoms with E-state index in [4.69, 9.17) is 9.26 Å². The van der Waals surface area contributed by atoms with Crippen LogP contribution in [0, 0.1) is 10.1 Å². The molecule has 9 heteroatoms. The van der Waals surface area contributed by atoms with Gasteiger partial charge in [-0.25, -0.2) is 0 Å². The first-order valence-corrected chi connectivity index (χ1v) is 8.27. The number of hydrogen-bond acceptors (Lipinski definition) is 7. The molecule has 0 fully saturated rings. The maximum Gasteiger partial charge on any atom is 0.269 e. The molecule has 0 unspecified atom stereocenters. The summed E-state index contributed by atoms with van der Waals surface area (Å²) in [5, 5.41) is 17.3. The highest BCUT2D eigenvalue weighted by molar-refractivity contribution is 5.78. The number of ether oxygens (including phenoxy) is 1. The molecular formula is C19H16N4O5. The van der Waals surface area contributed by atoms with Crippen LogP contribution in [-0.2, 0) is 4.79 Å². The standard InChI is InChI=1S/C19H16N4O5/c1-2-11-20-17(24)12-27-16-6-4-3-5-15(16)18-21-19(28-22-18)13-7-9-14(10-8-13)23(25)26/h2-10H,1,11-12H2,(H,20,24). The number of nitrogens with one attached hydrogen (secondary N) is 1. The Hall–Kier alpha value is -4.01. The number of aromatic nitrogens is 2. The minimum absolute atomic E-state index is 0.0306. The maximum absolute atomic E-state index is 11.7. The van der Waals surface area contributed by atoms with Crippen LogP contribution < -0.4 is 10.1 Å². The normalized spacial score (nSPS) is 10.3. The Morgan fingerprint density at radius 1 is 1.25 bits per heavy atom. The molecular weight excluding hydrogens is 364 g/mol. The van der Waals surface area contributed by atoms with E-state index in [0.717, 1.165) is 0 Å². The van der Waals surface area contributed by atoms with Crippen molar-refractivity contribution in [2.45, 2.75) is 0 Å². The first-order valence-electron chi connectivity index (χ1n) is 8.27. The average Bonchev–Trinajstić information content (AvgIpc) is 3.21. The zero-order valence-electron chi connectivity index (χ0n) is 14.7. The summed E-state index contributed by atoms with van der Waals surface area (Å²) >= 11 is 0. The van der Waals surface area contributed by atoms with Crippen LogP contribution >= 0.6 is 0 Å². The van der Waals surface area contributed by atoms with Crippen molar-refractivity contribution in [3.63, 3.8) is 0 Å². The first kappa shape index (κ1) is 18.8. The van der Waals surface area contributed by atoms with Gasteiger partial charge in [-0.1, -0.05) is 23.4 Å². The summed E-state index contributed by atoms with van der Waals surface area (Å²) < 4.78 is 10.8. The Morgan fingerprint density at radius 2 is 2.00 bits per heavy atom. The predicted molar refractivity (Wildman–Crippen MR) is 101 cm³/mol. The zero-order chi connectivity index (χ0) is 19.9. The fourth-order valence-electron chi connectivity index (χ4n) is 2.33. The Morgan fingerprint density at radius 3 is 2.71 bits per heavy atom. The molecule has 1 aromatic heterocycles. The van der Waals surface area contributed by atoms with Gasteiger partial charge in [0.05, 0.1) is 10.5 Å². The number of amides is 1. The molecule has 0 saturated carbocycles. The molecule has 3 aromatic rings. The summed E-state index contributed by atoms with van der Waals surface area (Å²) in [6.07, 6.45) is 1.57. The number of benzene rings is 2. The number of carbonyl (C=O) groups excluding carboxylic acids is 1. The first-order chi connectivity index (χ1) is 13.6. The zero-order valence-corrected chi connectivity index (χ0v) is 14.7. The van der Waals surface area contributed by atoms with Gasteiger partial charge in [-0.15, -0.1) is 6.58 Å². The third kappa shape index (κ3) is 4.39. The molecule has 0 aliphatic carbocycles. The molecule has 0 aliphatic rings. The molecule has 0 saturated heterocycles. The summed E-state index contributed by atoms with van der Waals surface area (Å²) in [4.78, 5) is 26.3. The second kappa shape index (κ2) is 8.58. The molecule has 0 bridgehead atoms. The fourth-order valence-corrected chi connectivity index (χ4v) is 2.33. The quantitative estimate of drug-likeness (QED) is 0.362. The Labute approximate surface area is 159 Å². The van der Waals surface area contributed by atoms with Crippen LogP contribution in [0.5, 0.6) is 5.75 Å². The van der Waals surface area contributed by atoms with Gasteiger partial charge in [0.15, 0.2) is 6.61 Å². The smallest absolute Gasteiger partial charge is 0.269 e. The van der Waals surface area contributed by atoms with Gasteiger partial charge >= 0.3 is 0 Å². The summed E-state index contributed by atoms with van der Waals surface area (Å²) in [7, 11) is 0. The SMILES string of the molecule is C=CCNC(=O)COc1ccccc1-c1noc(-c2ccc([N+](=O)[O-])cc2)n1. The lowest BCUT2D eigenvalue weighted by atomic mass is 10.2. The predicted octanol–water partition coefficient (Wildman–Crippen LogP) is 2.99. The molecule has 9 nitrogen and oxygen atoms in total. The molecule has 0 aliphatic heterocycles. The highest BCUT2D eigenvalue weighted by Gasteiger charge is 2.16. The highest BCUT2D eigenvalue weighted by Crippen LogP contribution is 2.30. The molecule has 142 valence electrons. The Kier molecular flexibility index (Phi) is 5.75. The number of nitrogens with zero attached hydrogens (tertiary/aromatic N) is 3. The van der Waals surface area contributed by atoms with Crippen molar-refractivity contribution < 1.29 is 19.0 Å².